The number of rotatable bonds is 4. The van der Waals surface area contributed by atoms with Crippen molar-refractivity contribution in [1.29, 1.82) is 0 Å². The van der Waals surface area contributed by atoms with E-state index in [4.69, 9.17) is 29.0 Å². The third kappa shape index (κ3) is 8.35. The van der Waals surface area contributed by atoms with Gasteiger partial charge in [-0.05, 0) is 24.5 Å². The van der Waals surface area contributed by atoms with Gasteiger partial charge in [0.1, 0.15) is 0 Å². The van der Waals surface area contributed by atoms with Gasteiger partial charge < -0.3 is 21.5 Å². The predicted molar refractivity (Wildman–Crippen MR) is 87.8 cm³/mol. The standard InChI is InChI=1S/C13H20N4O.H2O4S/c14-13(15)16-8-11(18)9-17-7-3-5-10-4-1-2-6-12(10)17;1-5(2,3)4/h1-2,4,6,11,18H,3,5,7-9H2,(H4,14,15,16);(H2,1,2,3,4). The summed E-state index contributed by atoms with van der Waals surface area (Å²) >= 11 is 0. The minimum Gasteiger partial charge on any atom is -0.389 e. The molecular weight excluding hydrogens is 324 g/mol. The Morgan fingerprint density at radius 1 is 1.30 bits per heavy atom. The number of fused-ring (bicyclic) bond motifs is 1. The number of hydrogen-bond acceptors (Lipinski definition) is 5. The summed E-state index contributed by atoms with van der Waals surface area (Å²) in [6.07, 6.45) is 1.68. The smallest absolute Gasteiger partial charge is 0.389 e. The lowest BCUT2D eigenvalue weighted by Gasteiger charge is -2.32. The number of nitrogens with zero attached hydrogens (tertiary/aromatic N) is 2. The van der Waals surface area contributed by atoms with Crippen LogP contribution in [0, 0.1) is 0 Å². The molecule has 9 nitrogen and oxygen atoms in total. The highest BCUT2D eigenvalue weighted by molar-refractivity contribution is 7.79. The Morgan fingerprint density at radius 3 is 2.52 bits per heavy atom. The van der Waals surface area contributed by atoms with Gasteiger partial charge in [-0.2, -0.15) is 8.42 Å². The van der Waals surface area contributed by atoms with Crippen molar-refractivity contribution in [3.05, 3.63) is 29.8 Å². The summed E-state index contributed by atoms with van der Waals surface area (Å²) in [5, 5.41) is 9.92. The molecule has 10 heteroatoms. The topological polar surface area (TPSA) is 162 Å². The molecule has 0 amide bonds. The minimum atomic E-state index is -4.67. The Hall–Kier alpha value is -1.88. The van der Waals surface area contributed by atoms with Gasteiger partial charge in [0.25, 0.3) is 0 Å². The van der Waals surface area contributed by atoms with E-state index in [0.29, 0.717) is 6.54 Å². The molecule has 0 aromatic heterocycles. The van der Waals surface area contributed by atoms with Gasteiger partial charge in [0.2, 0.25) is 0 Å². The average Bonchev–Trinajstić information content (AvgIpc) is 2.44. The number of guanidine groups is 1. The highest BCUT2D eigenvalue weighted by Gasteiger charge is 2.18. The van der Waals surface area contributed by atoms with Gasteiger partial charge in [0.05, 0.1) is 12.6 Å². The molecule has 7 N–H and O–H groups in total. The lowest BCUT2D eigenvalue weighted by Crippen LogP contribution is -2.38. The minimum absolute atomic E-state index is 0.0214. The van der Waals surface area contributed by atoms with Crippen LogP contribution in [-0.2, 0) is 16.8 Å². The van der Waals surface area contributed by atoms with Crippen molar-refractivity contribution in [3.63, 3.8) is 0 Å². The third-order valence-corrected chi connectivity index (χ3v) is 3.12. The van der Waals surface area contributed by atoms with Gasteiger partial charge in [-0.3, -0.25) is 14.1 Å². The van der Waals surface area contributed by atoms with Crippen LogP contribution in [0.15, 0.2) is 29.3 Å². The summed E-state index contributed by atoms with van der Waals surface area (Å²) < 4.78 is 31.6. The predicted octanol–water partition coefficient (Wildman–Crippen LogP) is -0.579. The first-order chi connectivity index (χ1) is 10.7. The van der Waals surface area contributed by atoms with Crippen LogP contribution in [0.4, 0.5) is 5.69 Å². The first-order valence-electron chi connectivity index (χ1n) is 6.93. The number of aliphatic hydroxyl groups excluding tert-OH is 1. The number of β-amino-alcohol motifs (C(OH)–C–C–N with tert-alkyl or cyclic N) is 1. The van der Waals surface area contributed by atoms with E-state index in [2.05, 4.69) is 28.1 Å². The molecule has 1 heterocycles. The zero-order valence-electron chi connectivity index (χ0n) is 12.5. The highest BCUT2D eigenvalue weighted by Crippen LogP contribution is 2.26. The van der Waals surface area contributed by atoms with Crippen molar-refractivity contribution in [2.75, 3.05) is 24.5 Å². The Bertz CT molecular complexity index is 623. The third-order valence-electron chi connectivity index (χ3n) is 3.12. The molecule has 0 fully saturated rings. The van der Waals surface area contributed by atoms with Gasteiger partial charge in [-0.1, -0.05) is 18.2 Å². The first-order valence-corrected chi connectivity index (χ1v) is 8.32. The Morgan fingerprint density at radius 2 is 1.91 bits per heavy atom. The second-order valence-electron chi connectivity index (χ2n) is 5.05. The van der Waals surface area contributed by atoms with Gasteiger partial charge in [-0.15, -0.1) is 0 Å². The van der Waals surface area contributed by atoms with E-state index < -0.39 is 16.5 Å². The van der Waals surface area contributed by atoms with E-state index in [9.17, 15) is 5.11 Å². The number of benzene rings is 1. The van der Waals surface area contributed by atoms with E-state index in [1.807, 2.05) is 6.07 Å². The van der Waals surface area contributed by atoms with Gasteiger partial charge >= 0.3 is 10.4 Å². The van der Waals surface area contributed by atoms with Gasteiger partial charge in [-0.25, -0.2) is 0 Å². The number of para-hydroxylation sites is 1. The molecule has 0 spiro atoms. The van der Waals surface area contributed by atoms with Crippen LogP contribution >= 0.6 is 0 Å². The summed E-state index contributed by atoms with van der Waals surface area (Å²) in [7, 11) is -4.67. The number of aliphatic hydroxyl groups is 1. The molecule has 0 radical (unpaired) electrons. The lowest BCUT2D eigenvalue weighted by molar-refractivity contribution is 0.188. The Kier molecular flexibility index (Phi) is 7.23. The number of aliphatic imine (C=N–C) groups is 1. The first kappa shape index (κ1) is 19.2. The summed E-state index contributed by atoms with van der Waals surface area (Å²) in [5.41, 5.74) is 13.1. The number of anilines is 1. The maximum Gasteiger partial charge on any atom is 0.394 e. The molecule has 1 unspecified atom stereocenters. The molecule has 0 saturated heterocycles. The molecule has 130 valence electrons. The highest BCUT2D eigenvalue weighted by atomic mass is 32.3. The quantitative estimate of drug-likeness (QED) is 0.275. The van der Waals surface area contributed by atoms with Crippen molar-refractivity contribution in [2.24, 2.45) is 16.5 Å². The largest absolute Gasteiger partial charge is 0.394 e. The SMILES string of the molecule is NC(N)=NCC(O)CN1CCCc2ccccc21.O=S(=O)(O)O. The fourth-order valence-electron chi connectivity index (χ4n) is 2.32. The fraction of sp³-hybridized carbons (Fsp3) is 0.462. The van der Waals surface area contributed by atoms with Crippen molar-refractivity contribution in [1.82, 2.24) is 0 Å². The summed E-state index contributed by atoms with van der Waals surface area (Å²) in [6.45, 7) is 1.78. The van der Waals surface area contributed by atoms with E-state index in [1.165, 1.54) is 11.3 Å². The lowest BCUT2D eigenvalue weighted by atomic mass is 10.0. The van der Waals surface area contributed by atoms with E-state index in [0.717, 1.165) is 19.4 Å². The maximum atomic E-state index is 9.92. The average molecular weight is 346 g/mol. The molecule has 1 atom stereocenters. The van der Waals surface area contributed by atoms with Crippen LogP contribution in [-0.4, -0.2) is 54.3 Å². The Balaban J connectivity index is 0.000000463. The monoisotopic (exact) mass is 346 g/mol. The molecule has 0 bridgehead atoms. The second kappa shape index (κ2) is 8.67. The number of hydrogen-bond donors (Lipinski definition) is 5. The van der Waals surface area contributed by atoms with Crippen LogP contribution < -0.4 is 16.4 Å². The maximum absolute atomic E-state index is 9.92. The van der Waals surface area contributed by atoms with Crippen LogP contribution in [0.3, 0.4) is 0 Å². The molecular formula is C13H22N4O5S. The zero-order valence-corrected chi connectivity index (χ0v) is 13.4. The summed E-state index contributed by atoms with van der Waals surface area (Å²) in [6, 6.07) is 8.32. The summed E-state index contributed by atoms with van der Waals surface area (Å²) in [5.74, 6) is 0.0214. The van der Waals surface area contributed by atoms with Gasteiger partial charge in [0.15, 0.2) is 5.96 Å². The van der Waals surface area contributed by atoms with E-state index in [1.54, 1.807) is 0 Å². The van der Waals surface area contributed by atoms with Crippen LogP contribution in [0.2, 0.25) is 0 Å². The van der Waals surface area contributed by atoms with Crippen LogP contribution in [0.25, 0.3) is 0 Å². The fourth-order valence-corrected chi connectivity index (χ4v) is 2.32. The number of aryl methyl sites for hydroxylation is 1. The van der Waals surface area contributed by atoms with Crippen molar-refractivity contribution < 1.29 is 22.6 Å². The molecule has 0 saturated carbocycles. The van der Waals surface area contributed by atoms with Crippen molar-refractivity contribution in [2.45, 2.75) is 18.9 Å². The molecule has 1 aromatic carbocycles. The Labute approximate surface area is 135 Å². The zero-order chi connectivity index (χ0) is 17.5. The van der Waals surface area contributed by atoms with Crippen LogP contribution in [0.5, 0.6) is 0 Å². The number of nitrogens with two attached hydrogens (primary N) is 2. The molecule has 1 aliphatic rings. The normalized spacial score (nSPS) is 15.0. The van der Waals surface area contributed by atoms with Gasteiger partial charge in [0, 0.05) is 18.8 Å². The van der Waals surface area contributed by atoms with Crippen molar-refractivity contribution in [3.8, 4) is 0 Å². The molecule has 23 heavy (non-hydrogen) atoms. The van der Waals surface area contributed by atoms with E-state index >= 15 is 0 Å². The van der Waals surface area contributed by atoms with Crippen molar-refractivity contribution >= 4 is 22.0 Å². The molecule has 1 aliphatic heterocycles. The molecule has 1 aromatic rings. The molecule has 0 aliphatic carbocycles. The summed E-state index contributed by atoms with van der Waals surface area (Å²) in [4.78, 5) is 6.04. The van der Waals surface area contributed by atoms with Crippen LogP contribution in [0.1, 0.15) is 12.0 Å². The molecule has 2 rings (SSSR count). The van der Waals surface area contributed by atoms with E-state index in [-0.39, 0.29) is 12.5 Å². The second-order valence-corrected chi connectivity index (χ2v) is 5.94.